The van der Waals surface area contributed by atoms with Gasteiger partial charge in [0, 0.05) is 5.02 Å². The van der Waals surface area contributed by atoms with Crippen molar-refractivity contribution in [2.75, 3.05) is 0 Å². The molecule has 0 bridgehead atoms. The summed E-state index contributed by atoms with van der Waals surface area (Å²) in [6.45, 7) is 0. The van der Waals surface area contributed by atoms with Crippen LogP contribution in [0.3, 0.4) is 0 Å². The Balaban J connectivity index is 2.42. The summed E-state index contributed by atoms with van der Waals surface area (Å²) in [5.41, 5.74) is 0.393. The second kappa shape index (κ2) is 5.55. The lowest BCUT2D eigenvalue weighted by atomic mass is 10.2. The molecule has 0 saturated heterocycles. The maximum absolute atomic E-state index is 13.9. The van der Waals surface area contributed by atoms with Crippen LogP contribution < -0.4 is 0 Å². The highest BCUT2D eigenvalue weighted by Crippen LogP contribution is 2.23. The third-order valence-corrected chi connectivity index (χ3v) is 4.20. The van der Waals surface area contributed by atoms with Gasteiger partial charge in [0.05, 0.1) is 4.90 Å². The van der Waals surface area contributed by atoms with Gasteiger partial charge < -0.3 is 0 Å². The van der Waals surface area contributed by atoms with Crippen molar-refractivity contribution in [3.63, 3.8) is 0 Å². The van der Waals surface area contributed by atoms with Crippen molar-refractivity contribution in [1.82, 2.24) is 0 Å². The van der Waals surface area contributed by atoms with Crippen molar-refractivity contribution in [2.24, 2.45) is 0 Å². The first-order valence-electron chi connectivity index (χ1n) is 5.43. The van der Waals surface area contributed by atoms with Gasteiger partial charge >= 0.3 is 0 Å². The average molecular weight is 297 g/mol. The van der Waals surface area contributed by atoms with Gasteiger partial charge in [-0.05, 0) is 35.9 Å². The fourth-order valence-electron chi connectivity index (χ4n) is 1.52. The molecule has 0 spiro atoms. The monoisotopic (exact) mass is 296 g/mol. The molecule has 0 aliphatic rings. The predicted molar refractivity (Wildman–Crippen MR) is 74.2 cm³/mol. The fourth-order valence-corrected chi connectivity index (χ4v) is 2.75. The van der Waals surface area contributed by atoms with E-state index >= 15 is 0 Å². The van der Waals surface area contributed by atoms with Crippen LogP contribution in [0.4, 0.5) is 4.39 Å². The van der Waals surface area contributed by atoms with Crippen molar-refractivity contribution in [1.29, 1.82) is 0 Å². The van der Waals surface area contributed by atoms with E-state index in [9.17, 15) is 12.8 Å². The number of halogens is 2. The van der Waals surface area contributed by atoms with E-state index in [4.69, 9.17) is 11.6 Å². The highest BCUT2D eigenvalue weighted by Gasteiger charge is 2.20. The predicted octanol–water partition coefficient (Wildman–Crippen LogP) is 4.08. The Morgan fingerprint density at radius 3 is 2.37 bits per heavy atom. The lowest BCUT2D eigenvalue weighted by Gasteiger charge is -2.02. The zero-order chi connectivity index (χ0) is 13.9. The van der Waals surface area contributed by atoms with E-state index in [0.717, 1.165) is 6.08 Å². The van der Waals surface area contributed by atoms with Crippen molar-refractivity contribution in [3.8, 4) is 0 Å². The van der Waals surface area contributed by atoms with Crippen LogP contribution >= 0.6 is 11.6 Å². The molecule has 0 aliphatic heterocycles. The van der Waals surface area contributed by atoms with E-state index in [1.807, 2.05) is 0 Å². The molecule has 98 valence electrons. The van der Waals surface area contributed by atoms with Gasteiger partial charge in [0.1, 0.15) is 0 Å². The lowest BCUT2D eigenvalue weighted by Crippen LogP contribution is -2.00. The molecule has 2 nitrogen and oxygen atoms in total. The molecular formula is C14H10ClFO2S. The molecule has 0 atom stereocenters. The molecule has 0 unspecified atom stereocenters. The average Bonchev–Trinajstić information content (AvgIpc) is 2.39. The summed E-state index contributed by atoms with van der Waals surface area (Å²) in [4.78, 5) is -0.0780. The Hall–Kier alpha value is -1.65. The Morgan fingerprint density at radius 2 is 1.74 bits per heavy atom. The summed E-state index contributed by atoms with van der Waals surface area (Å²) in [5, 5.41) is -0.792. The first kappa shape index (κ1) is 13.8. The molecule has 0 aromatic heterocycles. The molecule has 0 saturated carbocycles. The van der Waals surface area contributed by atoms with E-state index in [-0.39, 0.29) is 4.90 Å². The molecule has 0 amide bonds. The van der Waals surface area contributed by atoms with Crippen LogP contribution in [0.25, 0.3) is 6.08 Å². The van der Waals surface area contributed by atoms with Crippen molar-refractivity contribution in [2.45, 2.75) is 4.90 Å². The second-order valence-corrected chi connectivity index (χ2v) is 6.12. The highest BCUT2D eigenvalue weighted by molar-refractivity contribution is 7.95. The van der Waals surface area contributed by atoms with E-state index in [0.29, 0.717) is 10.6 Å². The van der Waals surface area contributed by atoms with E-state index < -0.39 is 15.0 Å². The van der Waals surface area contributed by atoms with Gasteiger partial charge in [-0.15, -0.1) is 0 Å². The molecular weight excluding hydrogens is 287 g/mol. The first-order valence-corrected chi connectivity index (χ1v) is 7.29. The number of hydrogen-bond donors (Lipinski definition) is 0. The standard InChI is InChI=1S/C14H10ClFO2S/c15-12-6-4-5-11(9-12)10-14(16)19(17,18)13-7-2-1-3-8-13/h1-10H/b14-10+. The normalized spacial score (nSPS) is 12.4. The lowest BCUT2D eigenvalue weighted by molar-refractivity contribution is 0.579. The Morgan fingerprint density at radius 1 is 1.05 bits per heavy atom. The third kappa shape index (κ3) is 3.22. The van der Waals surface area contributed by atoms with Gasteiger partial charge in [-0.2, -0.15) is 4.39 Å². The molecule has 19 heavy (non-hydrogen) atoms. The van der Waals surface area contributed by atoms with Gasteiger partial charge in [-0.1, -0.05) is 41.9 Å². The minimum atomic E-state index is -4.10. The fraction of sp³-hybridized carbons (Fsp3) is 0. The van der Waals surface area contributed by atoms with Crippen LogP contribution in [0.1, 0.15) is 5.56 Å². The largest absolute Gasteiger partial charge is 0.233 e. The first-order chi connectivity index (χ1) is 9.00. The van der Waals surface area contributed by atoms with Gasteiger partial charge in [-0.25, -0.2) is 8.42 Å². The highest BCUT2D eigenvalue weighted by atomic mass is 35.5. The van der Waals surface area contributed by atoms with Crippen LogP contribution in [0.15, 0.2) is 64.7 Å². The quantitative estimate of drug-likeness (QED) is 0.855. The summed E-state index contributed by atoms with van der Waals surface area (Å²) in [7, 11) is -4.10. The maximum Gasteiger partial charge on any atom is 0.233 e. The van der Waals surface area contributed by atoms with Crippen LogP contribution in [-0.2, 0) is 9.84 Å². The second-order valence-electron chi connectivity index (χ2n) is 3.82. The Kier molecular flexibility index (Phi) is 4.02. The molecule has 0 heterocycles. The molecule has 5 heteroatoms. The minimum Gasteiger partial charge on any atom is -0.216 e. The molecule has 2 aromatic rings. The van der Waals surface area contributed by atoms with Crippen LogP contribution in [0.5, 0.6) is 0 Å². The Labute approximate surface area is 116 Å². The van der Waals surface area contributed by atoms with E-state index in [1.165, 1.54) is 18.2 Å². The molecule has 0 fully saturated rings. The SMILES string of the molecule is O=S(=O)(/C(F)=C/c1cccc(Cl)c1)c1ccccc1. The number of sulfone groups is 1. The zero-order valence-electron chi connectivity index (χ0n) is 9.75. The van der Waals surface area contributed by atoms with Crippen molar-refractivity contribution in [3.05, 3.63) is 70.3 Å². The zero-order valence-corrected chi connectivity index (χ0v) is 11.3. The van der Waals surface area contributed by atoms with Gasteiger partial charge in [0.15, 0.2) is 0 Å². The molecule has 0 radical (unpaired) electrons. The van der Waals surface area contributed by atoms with Gasteiger partial charge in [0.2, 0.25) is 15.0 Å². The van der Waals surface area contributed by atoms with Crippen LogP contribution in [0, 0.1) is 0 Å². The summed E-state index contributed by atoms with van der Waals surface area (Å²) in [6, 6.07) is 13.8. The molecule has 0 N–H and O–H groups in total. The molecule has 0 aliphatic carbocycles. The number of benzene rings is 2. The topological polar surface area (TPSA) is 34.1 Å². The summed E-state index contributed by atoms with van der Waals surface area (Å²) in [6.07, 6.45) is 0.953. The van der Waals surface area contributed by atoms with Gasteiger partial charge in [0.25, 0.3) is 0 Å². The van der Waals surface area contributed by atoms with Gasteiger partial charge in [-0.3, -0.25) is 0 Å². The molecule has 2 rings (SSSR count). The smallest absolute Gasteiger partial charge is 0.216 e. The summed E-state index contributed by atoms with van der Waals surface area (Å²) < 4.78 is 37.8. The number of hydrogen-bond acceptors (Lipinski definition) is 2. The summed E-state index contributed by atoms with van der Waals surface area (Å²) >= 11 is 5.76. The number of rotatable bonds is 3. The maximum atomic E-state index is 13.9. The van der Waals surface area contributed by atoms with Crippen LogP contribution in [-0.4, -0.2) is 8.42 Å². The Bertz CT molecular complexity index is 709. The minimum absolute atomic E-state index is 0.0780. The van der Waals surface area contributed by atoms with E-state index in [2.05, 4.69) is 0 Å². The third-order valence-electron chi connectivity index (χ3n) is 2.44. The summed E-state index contributed by atoms with van der Waals surface area (Å²) in [5.74, 6) is 0. The van der Waals surface area contributed by atoms with E-state index in [1.54, 1.807) is 36.4 Å². The van der Waals surface area contributed by atoms with Crippen LogP contribution in [0.2, 0.25) is 5.02 Å². The molecule has 2 aromatic carbocycles. The van der Waals surface area contributed by atoms with Crippen molar-refractivity contribution < 1.29 is 12.8 Å². The van der Waals surface area contributed by atoms with Crippen molar-refractivity contribution >= 4 is 27.5 Å².